The molecule has 5 aromatic rings. The van der Waals surface area contributed by atoms with Crippen LogP contribution in [0.3, 0.4) is 0 Å². The monoisotopic (exact) mass is 612 g/mol. The van der Waals surface area contributed by atoms with Crippen molar-refractivity contribution >= 4 is 57.5 Å². The third-order valence-electron chi connectivity index (χ3n) is 7.48. The van der Waals surface area contributed by atoms with Gasteiger partial charge in [0.25, 0.3) is 0 Å². The van der Waals surface area contributed by atoms with Crippen LogP contribution in [0.5, 0.6) is 0 Å². The summed E-state index contributed by atoms with van der Waals surface area (Å²) in [5, 5.41) is 14.9. The molecule has 44 heavy (non-hydrogen) atoms. The van der Waals surface area contributed by atoms with Gasteiger partial charge < -0.3 is 25.2 Å². The molecule has 2 aliphatic heterocycles. The molecule has 7 rings (SSSR count). The molecule has 2 N–H and O–H groups in total. The Labute approximate surface area is 260 Å². The predicted octanol–water partition coefficient (Wildman–Crippen LogP) is 6.23. The molecule has 3 aromatic carbocycles. The van der Waals surface area contributed by atoms with Crippen molar-refractivity contribution in [2.75, 3.05) is 46.7 Å². The van der Waals surface area contributed by atoms with E-state index in [-0.39, 0.29) is 11.9 Å². The summed E-state index contributed by atoms with van der Waals surface area (Å²) in [5.74, 6) is 1.35. The van der Waals surface area contributed by atoms with Crippen molar-refractivity contribution in [3.05, 3.63) is 89.4 Å². The topological polar surface area (TPSA) is 122 Å². The maximum absolute atomic E-state index is 12.3. The summed E-state index contributed by atoms with van der Waals surface area (Å²) in [5.41, 5.74) is 4.82. The first-order valence-corrected chi connectivity index (χ1v) is 14.9. The van der Waals surface area contributed by atoms with E-state index in [4.69, 9.17) is 21.0 Å². The van der Waals surface area contributed by atoms with Crippen molar-refractivity contribution in [2.45, 2.75) is 32.4 Å². The number of benzene rings is 3. The van der Waals surface area contributed by atoms with Crippen LogP contribution in [0.25, 0.3) is 11.3 Å². The van der Waals surface area contributed by atoms with E-state index in [1.807, 2.05) is 71.6 Å². The largest absolute Gasteiger partial charge is 0.382 e. The van der Waals surface area contributed by atoms with Crippen molar-refractivity contribution in [1.29, 1.82) is 0 Å². The average molecular weight is 613 g/mol. The van der Waals surface area contributed by atoms with E-state index in [2.05, 4.69) is 54.9 Å². The molecule has 226 valence electrons. The lowest BCUT2D eigenvalue weighted by molar-refractivity contribution is -0.117. The van der Waals surface area contributed by atoms with E-state index in [0.29, 0.717) is 47.2 Å². The van der Waals surface area contributed by atoms with Crippen molar-refractivity contribution in [3.63, 3.8) is 0 Å². The van der Waals surface area contributed by atoms with Crippen LogP contribution in [0.2, 0.25) is 5.02 Å². The molecule has 2 aliphatic rings. The number of rotatable bonds is 5. The molecule has 1 fully saturated rings. The molecule has 0 aliphatic carbocycles. The molecule has 0 bridgehead atoms. The van der Waals surface area contributed by atoms with Crippen molar-refractivity contribution in [3.8, 4) is 0 Å². The Morgan fingerprint density at radius 1 is 0.977 bits per heavy atom. The van der Waals surface area contributed by atoms with Gasteiger partial charge in [0.1, 0.15) is 0 Å². The fraction of sp³-hybridized carbons (Fsp3) is 0.281. The first kappa shape index (κ1) is 29.3. The van der Waals surface area contributed by atoms with Gasteiger partial charge in [0.15, 0.2) is 11.6 Å². The maximum Gasteiger partial charge on any atom is 0.245 e. The number of nitrogens with zero attached hydrogens (tertiary/aromatic N) is 6. The summed E-state index contributed by atoms with van der Waals surface area (Å²) in [6.07, 6.45) is 0.908. The van der Waals surface area contributed by atoms with Crippen LogP contribution >= 0.6 is 11.6 Å². The molecule has 4 heterocycles. The number of carbonyl (C=O) groups is 1. The standard InChI is InChI=1S/C18H20N2O.C14H13ClN6O2/c1-13-12-18(16-10-6-7-11-17(16)19-13)20(14(2)21)15-8-4-3-5-9-15;15-9-2-1-3-10(8-9)16-13-14(21-4-6-22-7-5-21)18-12-11(17-13)19-23-20-12/h3-11,13,18-19H,12H2,1-2H3;1-3,8H,4-7H2,(H,16,17,19). The van der Waals surface area contributed by atoms with Gasteiger partial charge in [-0.1, -0.05) is 54.1 Å². The van der Waals surface area contributed by atoms with Gasteiger partial charge in [0.05, 0.1) is 19.3 Å². The van der Waals surface area contributed by atoms with E-state index in [1.165, 1.54) is 5.56 Å². The molecule has 2 aromatic heterocycles. The van der Waals surface area contributed by atoms with Gasteiger partial charge in [-0.15, -0.1) is 0 Å². The van der Waals surface area contributed by atoms with Gasteiger partial charge >= 0.3 is 0 Å². The summed E-state index contributed by atoms with van der Waals surface area (Å²) < 4.78 is 10.1. The quantitative estimate of drug-likeness (QED) is 0.236. The van der Waals surface area contributed by atoms with Crippen LogP contribution in [-0.2, 0) is 9.53 Å². The summed E-state index contributed by atoms with van der Waals surface area (Å²) in [7, 11) is 0. The SMILES string of the molecule is CC(=O)N(c1ccccc1)C1CC(C)Nc2ccccc21.Clc1cccc(Nc2nc3nonc3nc2N2CCOCC2)c1. The highest BCUT2D eigenvalue weighted by molar-refractivity contribution is 6.30. The normalized spacial score (nSPS) is 17.6. The van der Waals surface area contributed by atoms with Gasteiger partial charge in [0.2, 0.25) is 17.2 Å². The first-order valence-electron chi connectivity index (χ1n) is 14.5. The molecular formula is C32H33ClN8O3. The van der Waals surface area contributed by atoms with Crippen LogP contribution in [0.4, 0.5) is 28.7 Å². The average Bonchev–Trinajstić information content (AvgIpc) is 3.49. The Balaban J connectivity index is 0.000000157. The maximum atomic E-state index is 12.3. The van der Waals surface area contributed by atoms with E-state index in [1.54, 1.807) is 6.92 Å². The number of aromatic nitrogens is 4. The second-order valence-electron chi connectivity index (χ2n) is 10.7. The van der Waals surface area contributed by atoms with Gasteiger partial charge in [-0.05, 0) is 65.6 Å². The highest BCUT2D eigenvalue weighted by Gasteiger charge is 2.31. The minimum Gasteiger partial charge on any atom is -0.382 e. The number of anilines is 5. The van der Waals surface area contributed by atoms with E-state index in [9.17, 15) is 4.79 Å². The van der Waals surface area contributed by atoms with Crippen LogP contribution in [0.15, 0.2) is 83.5 Å². The van der Waals surface area contributed by atoms with Gasteiger partial charge in [-0.3, -0.25) is 4.79 Å². The molecule has 1 saturated heterocycles. The Morgan fingerprint density at radius 3 is 2.45 bits per heavy atom. The zero-order valence-corrected chi connectivity index (χ0v) is 25.2. The fourth-order valence-electron chi connectivity index (χ4n) is 5.53. The highest BCUT2D eigenvalue weighted by Crippen LogP contribution is 2.39. The van der Waals surface area contributed by atoms with Gasteiger partial charge in [-0.25, -0.2) is 14.6 Å². The zero-order chi connectivity index (χ0) is 30.5. The van der Waals surface area contributed by atoms with Crippen molar-refractivity contribution < 1.29 is 14.2 Å². The van der Waals surface area contributed by atoms with Crippen molar-refractivity contribution in [2.24, 2.45) is 0 Å². The van der Waals surface area contributed by atoms with E-state index >= 15 is 0 Å². The third-order valence-corrected chi connectivity index (χ3v) is 7.71. The first-order chi connectivity index (χ1) is 21.5. The molecular weight excluding hydrogens is 580 g/mol. The van der Waals surface area contributed by atoms with Crippen LogP contribution in [0.1, 0.15) is 31.9 Å². The minimum absolute atomic E-state index is 0.0788. The lowest BCUT2D eigenvalue weighted by Gasteiger charge is -2.38. The Kier molecular flexibility index (Phi) is 8.85. The number of hydrogen-bond donors (Lipinski definition) is 2. The Hall–Kier alpha value is -4.74. The summed E-state index contributed by atoms with van der Waals surface area (Å²) in [4.78, 5) is 25.3. The Bertz CT molecular complexity index is 1730. The summed E-state index contributed by atoms with van der Waals surface area (Å²) in [6, 6.07) is 26.0. The predicted molar refractivity (Wildman–Crippen MR) is 172 cm³/mol. The van der Waals surface area contributed by atoms with Crippen molar-refractivity contribution in [1.82, 2.24) is 20.3 Å². The number of amides is 1. The molecule has 1 amide bonds. The highest BCUT2D eigenvalue weighted by atomic mass is 35.5. The number of fused-ring (bicyclic) bond motifs is 2. The lowest BCUT2D eigenvalue weighted by Crippen LogP contribution is -2.39. The lowest BCUT2D eigenvalue weighted by atomic mass is 9.92. The number of nitrogens with one attached hydrogen (secondary N) is 2. The van der Waals surface area contributed by atoms with Crippen LogP contribution < -0.4 is 20.4 Å². The van der Waals surface area contributed by atoms with E-state index in [0.717, 1.165) is 36.6 Å². The third kappa shape index (κ3) is 6.58. The number of ether oxygens (including phenoxy) is 1. The molecule has 11 nitrogen and oxygen atoms in total. The number of para-hydroxylation sites is 2. The molecule has 0 saturated carbocycles. The molecule has 0 radical (unpaired) electrons. The van der Waals surface area contributed by atoms with Crippen LogP contribution in [-0.4, -0.2) is 58.5 Å². The number of hydrogen-bond acceptors (Lipinski definition) is 10. The zero-order valence-electron chi connectivity index (χ0n) is 24.5. The van der Waals surface area contributed by atoms with Gasteiger partial charge in [-0.2, -0.15) is 0 Å². The number of halogens is 1. The minimum atomic E-state index is 0.0788. The molecule has 2 atom stereocenters. The second kappa shape index (κ2) is 13.3. The smallest absolute Gasteiger partial charge is 0.245 e. The van der Waals surface area contributed by atoms with Crippen LogP contribution in [0, 0.1) is 0 Å². The fourth-order valence-corrected chi connectivity index (χ4v) is 5.72. The van der Waals surface area contributed by atoms with Gasteiger partial charge in [0, 0.05) is 48.1 Å². The second-order valence-corrected chi connectivity index (χ2v) is 11.1. The number of carbonyl (C=O) groups excluding carboxylic acids is 1. The number of morpholine rings is 1. The molecule has 12 heteroatoms. The molecule has 0 spiro atoms. The summed E-state index contributed by atoms with van der Waals surface area (Å²) >= 11 is 6.04. The Morgan fingerprint density at radius 2 is 1.70 bits per heavy atom. The molecule has 2 unspecified atom stereocenters. The van der Waals surface area contributed by atoms with E-state index < -0.39 is 0 Å². The summed E-state index contributed by atoms with van der Waals surface area (Å²) in [6.45, 7) is 6.56.